The van der Waals surface area contributed by atoms with E-state index in [-0.39, 0.29) is 23.5 Å². The SMILES string of the molecule is O=C(Nc1ccccc1C(=O)N1CCCCC1)C1CCN(S(=O)(=O)Cc2ccc(Br)cc2)CC1. The highest BCUT2D eigenvalue weighted by molar-refractivity contribution is 9.10. The van der Waals surface area contributed by atoms with Crippen LogP contribution in [0.2, 0.25) is 0 Å². The van der Waals surface area contributed by atoms with E-state index in [9.17, 15) is 18.0 Å². The Kier molecular flexibility index (Phi) is 8.06. The van der Waals surface area contributed by atoms with Crippen LogP contribution in [0, 0.1) is 5.92 Å². The molecule has 2 amide bonds. The molecule has 182 valence electrons. The van der Waals surface area contributed by atoms with Gasteiger partial charge in [0, 0.05) is 36.6 Å². The van der Waals surface area contributed by atoms with E-state index < -0.39 is 10.0 Å². The highest BCUT2D eigenvalue weighted by atomic mass is 79.9. The van der Waals surface area contributed by atoms with Gasteiger partial charge in [-0.1, -0.05) is 40.2 Å². The van der Waals surface area contributed by atoms with Crippen LogP contribution in [0.5, 0.6) is 0 Å². The molecule has 2 aliphatic rings. The summed E-state index contributed by atoms with van der Waals surface area (Å²) in [5.41, 5.74) is 1.76. The molecule has 1 N–H and O–H groups in total. The lowest BCUT2D eigenvalue weighted by molar-refractivity contribution is -0.120. The molecule has 0 saturated carbocycles. The number of rotatable bonds is 6. The molecular formula is C25H30BrN3O4S. The van der Waals surface area contributed by atoms with Gasteiger partial charge in [-0.25, -0.2) is 12.7 Å². The van der Waals surface area contributed by atoms with Gasteiger partial charge in [-0.05, 0) is 61.9 Å². The maximum atomic E-state index is 13.0. The Balaban J connectivity index is 1.35. The lowest BCUT2D eigenvalue weighted by Crippen LogP contribution is -2.42. The molecule has 0 atom stereocenters. The lowest BCUT2D eigenvalue weighted by Gasteiger charge is -2.31. The molecule has 0 aliphatic carbocycles. The molecule has 2 aromatic rings. The molecule has 0 radical (unpaired) electrons. The number of benzene rings is 2. The minimum atomic E-state index is -3.45. The Morgan fingerprint density at radius 3 is 2.24 bits per heavy atom. The van der Waals surface area contributed by atoms with Crippen LogP contribution >= 0.6 is 15.9 Å². The van der Waals surface area contributed by atoms with Crippen LogP contribution in [0.25, 0.3) is 0 Å². The van der Waals surface area contributed by atoms with Crippen molar-refractivity contribution >= 4 is 43.5 Å². The average Bonchev–Trinajstić information content (AvgIpc) is 2.86. The molecule has 2 heterocycles. The number of likely N-dealkylation sites (tertiary alicyclic amines) is 1. The molecule has 0 bridgehead atoms. The van der Waals surface area contributed by atoms with Gasteiger partial charge in [0.05, 0.1) is 17.0 Å². The number of hydrogen-bond acceptors (Lipinski definition) is 4. The van der Waals surface area contributed by atoms with Gasteiger partial charge < -0.3 is 10.2 Å². The maximum Gasteiger partial charge on any atom is 0.255 e. The van der Waals surface area contributed by atoms with Crippen LogP contribution in [0.4, 0.5) is 5.69 Å². The summed E-state index contributed by atoms with van der Waals surface area (Å²) in [7, 11) is -3.45. The Hall–Kier alpha value is -2.23. The summed E-state index contributed by atoms with van der Waals surface area (Å²) in [6, 6.07) is 14.4. The van der Waals surface area contributed by atoms with Gasteiger partial charge in [0.25, 0.3) is 5.91 Å². The highest BCUT2D eigenvalue weighted by Crippen LogP contribution is 2.25. The second kappa shape index (κ2) is 11.0. The minimum Gasteiger partial charge on any atom is -0.339 e. The molecule has 0 spiro atoms. The van der Waals surface area contributed by atoms with E-state index in [0.29, 0.717) is 37.2 Å². The molecule has 2 saturated heterocycles. The molecule has 2 fully saturated rings. The summed E-state index contributed by atoms with van der Waals surface area (Å²) < 4.78 is 28.1. The van der Waals surface area contributed by atoms with Crippen LogP contribution in [-0.4, -0.2) is 55.6 Å². The number of amides is 2. The van der Waals surface area contributed by atoms with Gasteiger partial charge in [0.2, 0.25) is 15.9 Å². The molecule has 2 aromatic carbocycles. The van der Waals surface area contributed by atoms with Crippen molar-refractivity contribution < 1.29 is 18.0 Å². The summed E-state index contributed by atoms with van der Waals surface area (Å²) in [4.78, 5) is 27.8. The van der Waals surface area contributed by atoms with Crippen molar-refractivity contribution in [2.24, 2.45) is 5.92 Å². The molecule has 9 heteroatoms. The summed E-state index contributed by atoms with van der Waals surface area (Å²) in [6.45, 7) is 2.11. The Morgan fingerprint density at radius 2 is 1.56 bits per heavy atom. The monoisotopic (exact) mass is 547 g/mol. The average molecular weight is 549 g/mol. The van der Waals surface area contributed by atoms with E-state index in [4.69, 9.17) is 0 Å². The number of hydrogen-bond donors (Lipinski definition) is 1. The van der Waals surface area contributed by atoms with E-state index in [1.165, 1.54) is 4.31 Å². The number of sulfonamides is 1. The van der Waals surface area contributed by atoms with Gasteiger partial charge in [-0.2, -0.15) is 0 Å². The second-order valence-electron chi connectivity index (χ2n) is 8.94. The summed E-state index contributed by atoms with van der Waals surface area (Å²) in [6.07, 6.45) is 4.05. The Morgan fingerprint density at radius 1 is 0.912 bits per heavy atom. The van der Waals surface area contributed by atoms with Crippen molar-refractivity contribution in [3.05, 3.63) is 64.1 Å². The normalized spacial score (nSPS) is 18.0. The number of nitrogens with one attached hydrogen (secondary N) is 1. The first-order valence-corrected chi connectivity index (χ1v) is 14.1. The standard InChI is InChI=1S/C25H30BrN3O4S/c26-21-10-8-19(9-11-21)18-34(32,33)29-16-12-20(13-17-29)24(30)27-23-7-3-2-6-22(23)25(31)28-14-4-1-5-15-28/h2-3,6-11,20H,1,4-5,12-18H2,(H,27,30). The summed E-state index contributed by atoms with van der Waals surface area (Å²) in [5.74, 6) is -0.561. The summed E-state index contributed by atoms with van der Waals surface area (Å²) in [5, 5.41) is 2.94. The van der Waals surface area contributed by atoms with Crippen molar-refractivity contribution in [3.63, 3.8) is 0 Å². The Bertz CT molecular complexity index is 1120. The lowest BCUT2D eigenvalue weighted by atomic mass is 9.97. The zero-order chi connectivity index (χ0) is 24.1. The third kappa shape index (κ3) is 6.06. The van der Waals surface area contributed by atoms with Crippen molar-refractivity contribution in [2.75, 3.05) is 31.5 Å². The van der Waals surface area contributed by atoms with Crippen LogP contribution in [0.3, 0.4) is 0 Å². The molecule has 7 nitrogen and oxygen atoms in total. The topological polar surface area (TPSA) is 86.8 Å². The number of halogens is 1. The molecule has 0 aromatic heterocycles. The molecule has 0 unspecified atom stereocenters. The van der Waals surface area contributed by atoms with Gasteiger partial charge in [-0.3, -0.25) is 9.59 Å². The number of carbonyl (C=O) groups is 2. The van der Waals surface area contributed by atoms with Crippen molar-refractivity contribution in [3.8, 4) is 0 Å². The number of nitrogens with zero attached hydrogens (tertiary/aromatic N) is 2. The number of para-hydroxylation sites is 1. The predicted molar refractivity (Wildman–Crippen MR) is 136 cm³/mol. The van der Waals surface area contributed by atoms with E-state index in [2.05, 4.69) is 21.2 Å². The number of carbonyl (C=O) groups excluding carboxylic acids is 2. The zero-order valence-electron chi connectivity index (χ0n) is 19.1. The van der Waals surface area contributed by atoms with Gasteiger partial charge in [0.15, 0.2) is 0 Å². The van der Waals surface area contributed by atoms with Crippen LogP contribution in [-0.2, 0) is 20.6 Å². The first kappa shape index (κ1) is 24.9. The molecule has 34 heavy (non-hydrogen) atoms. The number of piperidine rings is 2. The quantitative estimate of drug-likeness (QED) is 0.585. The van der Waals surface area contributed by atoms with E-state index in [0.717, 1.165) is 42.4 Å². The van der Waals surface area contributed by atoms with Gasteiger partial charge in [0.1, 0.15) is 0 Å². The third-order valence-corrected chi connectivity index (χ3v) is 8.92. The van der Waals surface area contributed by atoms with E-state index in [1.54, 1.807) is 30.3 Å². The first-order valence-electron chi connectivity index (χ1n) is 11.7. The van der Waals surface area contributed by atoms with E-state index >= 15 is 0 Å². The van der Waals surface area contributed by atoms with Gasteiger partial charge >= 0.3 is 0 Å². The Labute approximate surface area is 209 Å². The largest absolute Gasteiger partial charge is 0.339 e. The third-order valence-electron chi connectivity index (χ3n) is 6.54. The van der Waals surface area contributed by atoms with Crippen molar-refractivity contribution in [1.82, 2.24) is 9.21 Å². The zero-order valence-corrected chi connectivity index (χ0v) is 21.5. The maximum absolute atomic E-state index is 13.0. The molecule has 4 rings (SSSR count). The van der Waals surface area contributed by atoms with Crippen molar-refractivity contribution in [1.29, 1.82) is 0 Å². The minimum absolute atomic E-state index is 0.0514. The fourth-order valence-electron chi connectivity index (χ4n) is 4.56. The first-order chi connectivity index (χ1) is 16.3. The van der Waals surface area contributed by atoms with Crippen molar-refractivity contribution in [2.45, 2.75) is 37.9 Å². The second-order valence-corrected chi connectivity index (χ2v) is 11.8. The fraction of sp³-hybridized carbons (Fsp3) is 0.440. The van der Waals surface area contributed by atoms with E-state index in [1.807, 2.05) is 23.1 Å². The number of anilines is 1. The highest BCUT2D eigenvalue weighted by Gasteiger charge is 2.32. The molecular weight excluding hydrogens is 518 g/mol. The van der Waals surface area contributed by atoms with Crippen LogP contribution < -0.4 is 5.32 Å². The van der Waals surface area contributed by atoms with Crippen LogP contribution in [0.15, 0.2) is 53.0 Å². The molecule has 2 aliphatic heterocycles. The van der Waals surface area contributed by atoms with Gasteiger partial charge in [-0.15, -0.1) is 0 Å². The predicted octanol–water partition coefficient (Wildman–Crippen LogP) is 4.26. The van der Waals surface area contributed by atoms with Crippen LogP contribution in [0.1, 0.15) is 48.0 Å². The smallest absolute Gasteiger partial charge is 0.255 e. The summed E-state index contributed by atoms with van der Waals surface area (Å²) >= 11 is 3.36. The fourth-order valence-corrected chi connectivity index (χ4v) is 6.39.